The second kappa shape index (κ2) is 3.86. The molecule has 0 spiro atoms. The summed E-state index contributed by atoms with van der Waals surface area (Å²) in [4.78, 5) is 11.6. The molecule has 3 rings (SSSR count). The second-order valence-corrected chi connectivity index (χ2v) is 6.11. The van der Waals surface area contributed by atoms with Crippen molar-refractivity contribution in [2.75, 3.05) is 0 Å². The van der Waals surface area contributed by atoms with E-state index in [-0.39, 0.29) is 11.6 Å². The lowest BCUT2D eigenvalue weighted by molar-refractivity contribution is -0.164. The molecule has 5 unspecified atom stereocenters. The van der Waals surface area contributed by atoms with Crippen molar-refractivity contribution in [3.63, 3.8) is 0 Å². The lowest BCUT2D eigenvalue weighted by atomic mass is 9.71. The highest BCUT2D eigenvalue weighted by Crippen LogP contribution is 2.64. The van der Waals surface area contributed by atoms with E-state index in [1.807, 2.05) is 0 Å². The average molecular weight is 234 g/mol. The topological polar surface area (TPSA) is 26.3 Å². The third-order valence-electron chi connectivity index (χ3n) is 5.66. The SMILES string of the molecule is C=CC(=O)OC1(CC)CC2CC1C1CCCC21. The van der Waals surface area contributed by atoms with E-state index in [0.29, 0.717) is 5.92 Å². The zero-order valence-electron chi connectivity index (χ0n) is 10.7. The van der Waals surface area contributed by atoms with Crippen LogP contribution in [0.25, 0.3) is 0 Å². The molecule has 0 aromatic carbocycles. The Bertz CT molecular complexity index is 349. The standard InChI is InChI=1S/C15H22O2/c1-3-14(16)17-15(4-2)9-10-8-13(15)12-7-5-6-11(10)12/h3,10-13H,1,4-9H2,2H3. The van der Waals surface area contributed by atoms with Crippen LogP contribution in [0.4, 0.5) is 0 Å². The summed E-state index contributed by atoms with van der Waals surface area (Å²) in [6.45, 7) is 5.69. The van der Waals surface area contributed by atoms with Gasteiger partial charge >= 0.3 is 5.97 Å². The van der Waals surface area contributed by atoms with Gasteiger partial charge in [0, 0.05) is 12.0 Å². The maximum Gasteiger partial charge on any atom is 0.330 e. The van der Waals surface area contributed by atoms with E-state index in [0.717, 1.165) is 30.6 Å². The summed E-state index contributed by atoms with van der Waals surface area (Å²) in [5, 5.41) is 0. The van der Waals surface area contributed by atoms with Crippen LogP contribution in [0.1, 0.15) is 45.4 Å². The molecule has 3 aliphatic carbocycles. The molecule has 0 aromatic heterocycles. The van der Waals surface area contributed by atoms with Gasteiger partial charge in [-0.15, -0.1) is 0 Å². The van der Waals surface area contributed by atoms with Gasteiger partial charge < -0.3 is 4.74 Å². The Balaban J connectivity index is 1.83. The maximum absolute atomic E-state index is 11.6. The molecule has 0 N–H and O–H groups in total. The Kier molecular flexibility index (Phi) is 2.57. The highest BCUT2D eigenvalue weighted by molar-refractivity contribution is 5.81. The van der Waals surface area contributed by atoms with Crippen LogP contribution in [0.5, 0.6) is 0 Å². The molecule has 0 radical (unpaired) electrons. The predicted octanol–water partition coefficient (Wildman–Crippen LogP) is 3.32. The minimum Gasteiger partial charge on any atom is -0.456 e. The summed E-state index contributed by atoms with van der Waals surface area (Å²) in [6.07, 6.45) is 8.85. The largest absolute Gasteiger partial charge is 0.456 e. The van der Waals surface area contributed by atoms with Gasteiger partial charge in [-0.1, -0.05) is 19.9 Å². The van der Waals surface area contributed by atoms with Crippen molar-refractivity contribution in [2.24, 2.45) is 23.7 Å². The van der Waals surface area contributed by atoms with Crippen LogP contribution in [-0.2, 0) is 9.53 Å². The first kappa shape index (κ1) is 11.3. The molecule has 2 bridgehead atoms. The van der Waals surface area contributed by atoms with Crippen LogP contribution in [0.15, 0.2) is 12.7 Å². The number of rotatable bonds is 3. The Morgan fingerprint density at radius 1 is 1.47 bits per heavy atom. The molecule has 0 amide bonds. The molecule has 94 valence electrons. The smallest absolute Gasteiger partial charge is 0.330 e. The van der Waals surface area contributed by atoms with E-state index in [9.17, 15) is 4.79 Å². The summed E-state index contributed by atoms with van der Waals surface area (Å²) in [5.41, 5.74) is -0.151. The fraction of sp³-hybridized carbons (Fsp3) is 0.800. The van der Waals surface area contributed by atoms with Crippen LogP contribution in [0.3, 0.4) is 0 Å². The minimum atomic E-state index is -0.228. The highest BCUT2D eigenvalue weighted by atomic mass is 16.6. The lowest BCUT2D eigenvalue weighted by Crippen LogP contribution is -2.44. The van der Waals surface area contributed by atoms with Crippen molar-refractivity contribution in [3.05, 3.63) is 12.7 Å². The van der Waals surface area contributed by atoms with Crippen molar-refractivity contribution < 1.29 is 9.53 Å². The molecule has 0 heterocycles. The van der Waals surface area contributed by atoms with Gasteiger partial charge in [0.1, 0.15) is 5.60 Å². The van der Waals surface area contributed by atoms with Gasteiger partial charge in [-0.25, -0.2) is 4.79 Å². The first-order valence-corrected chi connectivity index (χ1v) is 7.05. The van der Waals surface area contributed by atoms with Gasteiger partial charge in [0.15, 0.2) is 0 Å². The average Bonchev–Trinajstić information content (AvgIpc) is 2.99. The van der Waals surface area contributed by atoms with Crippen LogP contribution < -0.4 is 0 Å². The van der Waals surface area contributed by atoms with Gasteiger partial charge in [-0.05, 0) is 49.9 Å². The van der Waals surface area contributed by atoms with Crippen LogP contribution in [-0.4, -0.2) is 11.6 Å². The quantitative estimate of drug-likeness (QED) is 0.553. The summed E-state index contributed by atoms with van der Waals surface area (Å²) in [6, 6.07) is 0. The fourth-order valence-electron chi connectivity index (χ4n) is 5.05. The van der Waals surface area contributed by atoms with Crippen molar-refractivity contribution in [1.29, 1.82) is 0 Å². The number of esters is 1. The lowest BCUT2D eigenvalue weighted by Gasteiger charge is -2.41. The first-order valence-electron chi connectivity index (χ1n) is 7.05. The molecule has 2 heteroatoms. The van der Waals surface area contributed by atoms with Gasteiger partial charge in [0.2, 0.25) is 0 Å². The number of carbonyl (C=O) groups is 1. The number of hydrogen-bond donors (Lipinski definition) is 0. The number of hydrogen-bond acceptors (Lipinski definition) is 2. The van der Waals surface area contributed by atoms with E-state index in [1.54, 1.807) is 0 Å². The van der Waals surface area contributed by atoms with Crippen molar-refractivity contribution >= 4 is 5.97 Å². The molecule has 17 heavy (non-hydrogen) atoms. The van der Waals surface area contributed by atoms with Gasteiger partial charge in [0.05, 0.1) is 0 Å². The van der Waals surface area contributed by atoms with Crippen molar-refractivity contribution in [1.82, 2.24) is 0 Å². The summed E-state index contributed by atoms with van der Waals surface area (Å²) >= 11 is 0. The Hall–Kier alpha value is -0.790. The number of carbonyl (C=O) groups excluding carboxylic acids is 1. The molecule has 5 atom stereocenters. The highest BCUT2D eigenvalue weighted by Gasteiger charge is 2.61. The van der Waals surface area contributed by atoms with Gasteiger partial charge in [-0.3, -0.25) is 0 Å². The first-order chi connectivity index (χ1) is 8.20. The third kappa shape index (κ3) is 1.49. The van der Waals surface area contributed by atoms with Crippen molar-refractivity contribution in [3.8, 4) is 0 Å². The summed E-state index contributed by atoms with van der Waals surface area (Å²) in [5.74, 6) is 3.02. The van der Waals surface area contributed by atoms with Gasteiger partial charge in [-0.2, -0.15) is 0 Å². The van der Waals surface area contributed by atoms with Crippen molar-refractivity contribution in [2.45, 2.75) is 51.0 Å². The minimum absolute atomic E-state index is 0.151. The molecule has 3 saturated carbocycles. The normalized spacial score (nSPS) is 46.9. The van der Waals surface area contributed by atoms with E-state index in [4.69, 9.17) is 4.74 Å². The molecule has 0 aromatic rings. The predicted molar refractivity (Wildman–Crippen MR) is 66.4 cm³/mol. The summed E-state index contributed by atoms with van der Waals surface area (Å²) in [7, 11) is 0. The van der Waals surface area contributed by atoms with Crippen LogP contribution >= 0.6 is 0 Å². The molecule has 3 aliphatic rings. The second-order valence-electron chi connectivity index (χ2n) is 6.11. The fourth-order valence-corrected chi connectivity index (χ4v) is 5.05. The number of ether oxygens (including phenoxy) is 1. The zero-order valence-corrected chi connectivity index (χ0v) is 10.7. The zero-order chi connectivity index (χ0) is 12.0. The van der Waals surface area contributed by atoms with E-state index >= 15 is 0 Å². The van der Waals surface area contributed by atoms with Gasteiger partial charge in [0.25, 0.3) is 0 Å². The Morgan fingerprint density at radius 3 is 2.94 bits per heavy atom. The summed E-state index contributed by atoms with van der Waals surface area (Å²) < 4.78 is 5.78. The van der Waals surface area contributed by atoms with E-state index in [1.165, 1.54) is 31.8 Å². The Morgan fingerprint density at radius 2 is 2.24 bits per heavy atom. The monoisotopic (exact) mass is 234 g/mol. The molecular weight excluding hydrogens is 212 g/mol. The molecule has 2 nitrogen and oxygen atoms in total. The van der Waals surface area contributed by atoms with Crippen LogP contribution in [0, 0.1) is 23.7 Å². The van der Waals surface area contributed by atoms with Crippen LogP contribution in [0.2, 0.25) is 0 Å². The molecule has 3 fully saturated rings. The molecule has 0 aliphatic heterocycles. The number of fused-ring (bicyclic) bond motifs is 5. The Labute approximate surface area is 103 Å². The van der Waals surface area contributed by atoms with E-state index in [2.05, 4.69) is 13.5 Å². The molecule has 0 saturated heterocycles. The molecular formula is C15H22O2. The van der Waals surface area contributed by atoms with E-state index < -0.39 is 0 Å². The maximum atomic E-state index is 11.6. The third-order valence-corrected chi connectivity index (χ3v) is 5.66.